The summed E-state index contributed by atoms with van der Waals surface area (Å²) in [7, 11) is 0. The molecule has 1 aliphatic heterocycles. The zero-order valence-corrected chi connectivity index (χ0v) is 14.1. The van der Waals surface area contributed by atoms with Crippen LogP contribution in [-0.4, -0.2) is 35.1 Å². The van der Waals surface area contributed by atoms with Gasteiger partial charge in [-0.25, -0.2) is 14.8 Å². The van der Waals surface area contributed by atoms with Crippen LogP contribution in [-0.2, 0) is 4.74 Å². The van der Waals surface area contributed by atoms with Gasteiger partial charge in [0, 0.05) is 12.6 Å². The third-order valence-electron chi connectivity index (χ3n) is 4.24. The smallest absolute Gasteiger partial charge is 0.348 e. The lowest BCUT2D eigenvalue weighted by atomic mass is 10.0. The molecule has 22 heavy (non-hydrogen) atoms. The summed E-state index contributed by atoms with van der Waals surface area (Å²) in [6.07, 6.45) is 5.23. The number of esters is 1. The number of piperidine rings is 1. The molecule has 3 heterocycles. The van der Waals surface area contributed by atoms with Crippen LogP contribution in [0.5, 0.6) is 0 Å². The highest BCUT2D eigenvalue weighted by Gasteiger charge is 2.26. The lowest BCUT2D eigenvalue weighted by molar-refractivity contribution is 0.0531. The van der Waals surface area contributed by atoms with Crippen molar-refractivity contribution in [2.24, 2.45) is 0 Å². The van der Waals surface area contributed by atoms with E-state index in [-0.39, 0.29) is 5.97 Å². The fourth-order valence-corrected chi connectivity index (χ4v) is 4.11. The Kier molecular flexibility index (Phi) is 4.29. The molecule has 0 radical (unpaired) electrons. The predicted molar refractivity (Wildman–Crippen MR) is 88.8 cm³/mol. The number of fused-ring (bicyclic) bond motifs is 1. The third kappa shape index (κ3) is 2.56. The maximum Gasteiger partial charge on any atom is 0.348 e. The highest BCUT2D eigenvalue weighted by molar-refractivity contribution is 7.20. The van der Waals surface area contributed by atoms with Crippen molar-refractivity contribution < 1.29 is 9.53 Å². The van der Waals surface area contributed by atoms with Gasteiger partial charge in [-0.3, -0.25) is 0 Å². The average molecular weight is 319 g/mol. The fraction of sp³-hybridized carbons (Fsp3) is 0.562. The first-order chi connectivity index (χ1) is 10.6. The SMILES string of the molecule is CCOC(=O)c1sc2ncnc(N3CCCCC3C)c2c1C. The molecular formula is C16H21N3O2S. The topological polar surface area (TPSA) is 55.3 Å². The van der Waals surface area contributed by atoms with Crippen LogP contribution in [0.25, 0.3) is 10.2 Å². The summed E-state index contributed by atoms with van der Waals surface area (Å²) in [6.45, 7) is 7.42. The molecule has 2 aromatic rings. The van der Waals surface area contributed by atoms with Gasteiger partial charge in [-0.2, -0.15) is 0 Å². The Hall–Kier alpha value is -1.69. The quantitative estimate of drug-likeness (QED) is 0.810. The largest absolute Gasteiger partial charge is 0.462 e. The summed E-state index contributed by atoms with van der Waals surface area (Å²) in [5, 5.41) is 1.00. The van der Waals surface area contributed by atoms with Gasteiger partial charge < -0.3 is 9.64 Å². The molecule has 6 heteroatoms. The number of carbonyl (C=O) groups excluding carboxylic acids is 1. The molecule has 1 atom stereocenters. The highest BCUT2D eigenvalue weighted by Crippen LogP contribution is 2.37. The van der Waals surface area contributed by atoms with Gasteiger partial charge in [0.2, 0.25) is 0 Å². The van der Waals surface area contributed by atoms with E-state index in [1.807, 2.05) is 13.8 Å². The number of ether oxygens (including phenoxy) is 1. The Morgan fingerprint density at radius 3 is 3.00 bits per heavy atom. The van der Waals surface area contributed by atoms with Crippen LogP contribution >= 0.6 is 11.3 Å². The van der Waals surface area contributed by atoms with Crippen LogP contribution in [0.1, 0.15) is 48.3 Å². The highest BCUT2D eigenvalue weighted by atomic mass is 32.1. The van der Waals surface area contributed by atoms with E-state index in [1.54, 1.807) is 6.33 Å². The van der Waals surface area contributed by atoms with Crippen molar-refractivity contribution in [3.63, 3.8) is 0 Å². The minimum atomic E-state index is -0.263. The van der Waals surface area contributed by atoms with Crippen LogP contribution in [0.3, 0.4) is 0 Å². The predicted octanol–water partition coefficient (Wildman–Crippen LogP) is 3.56. The monoisotopic (exact) mass is 319 g/mol. The number of thiophene rings is 1. The number of nitrogens with zero attached hydrogens (tertiary/aromatic N) is 3. The van der Waals surface area contributed by atoms with E-state index in [9.17, 15) is 4.79 Å². The van der Waals surface area contributed by atoms with E-state index in [1.165, 1.54) is 30.6 Å². The second kappa shape index (κ2) is 6.20. The molecule has 0 amide bonds. The molecule has 118 valence electrons. The molecule has 3 rings (SSSR count). The first-order valence-corrected chi connectivity index (χ1v) is 8.63. The molecule has 5 nitrogen and oxygen atoms in total. The number of carbonyl (C=O) groups is 1. The van der Waals surface area contributed by atoms with Crippen LogP contribution in [0.2, 0.25) is 0 Å². The van der Waals surface area contributed by atoms with E-state index in [0.717, 1.165) is 28.1 Å². The summed E-state index contributed by atoms with van der Waals surface area (Å²) < 4.78 is 5.15. The molecule has 2 aromatic heterocycles. The summed E-state index contributed by atoms with van der Waals surface area (Å²) in [6, 6.07) is 0.470. The van der Waals surface area contributed by atoms with Crippen molar-refractivity contribution in [1.29, 1.82) is 0 Å². The van der Waals surface area contributed by atoms with E-state index < -0.39 is 0 Å². The third-order valence-corrected chi connectivity index (χ3v) is 5.42. The molecule has 0 aliphatic carbocycles. The first-order valence-electron chi connectivity index (χ1n) is 7.81. The number of hydrogen-bond donors (Lipinski definition) is 0. The molecule has 1 saturated heterocycles. The van der Waals surface area contributed by atoms with Gasteiger partial charge in [0.1, 0.15) is 21.9 Å². The summed E-state index contributed by atoms with van der Waals surface area (Å²) >= 11 is 1.40. The van der Waals surface area contributed by atoms with Crippen molar-refractivity contribution in [3.8, 4) is 0 Å². The normalized spacial score (nSPS) is 18.7. The summed E-state index contributed by atoms with van der Waals surface area (Å²) in [5.74, 6) is 0.696. The molecule has 0 N–H and O–H groups in total. The molecule has 0 spiro atoms. The fourth-order valence-electron chi connectivity index (χ4n) is 3.07. The second-order valence-electron chi connectivity index (χ2n) is 5.69. The number of aryl methyl sites for hydroxylation is 1. The van der Waals surface area contributed by atoms with Crippen molar-refractivity contribution >= 4 is 33.3 Å². The Morgan fingerprint density at radius 2 is 2.27 bits per heavy atom. The van der Waals surface area contributed by atoms with E-state index in [4.69, 9.17) is 4.74 Å². The minimum Gasteiger partial charge on any atom is -0.462 e. The summed E-state index contributed by atoms with van der Waals surface area (Å²) in [5.41, 5.74) is 0.937. The lowest BCUT2D eigenvalue weighted by Gasteiger charge is -2.34. The zero-order valence-electron chi connectivity index (χ0n) is 13.3. The first kappa shape index (κ1) is 15.2. The lowest BCUT2D eigenvalue weighted by Crippen LogP contribution is -2.38. The van der Waals surface area contributed by atoms with Gasteiger partial charge in [-0.1, -0.05) is 0 Å². The number of rotatable bonds is 3. The Morgan fingerprint density at radius 1 is 1.45 bits per heavy atom. The molecule has 0 bridgehead atoms. The van der Waals surface area contributed by atoms with Crippen molar-refractivity contribution in [1.82, 2.24) is 9.97 Å². The van der Waals surface area contributed by atoms with Crippen molar-refractivity contribution in [2.45, 2.75) is 46.1 Å². The molecule has 0 saturated carbocycles. The average Bonchev–Trinajstić information content (AvgIpc) is 2.86. The molecule has 1 unspecified atom stereocenters. The maximum atomic E-state index is 12.1. The van der Waals surface area contributed by atoms with Gasteiger partial charge in [-0.05, 0) is 45.6 Å². The Labute approximate surface area is 134 Å². The zero-order chi connectivity index (χ0) is 15.7. The maximum absolute atomic E-state index is 12.1. The Bertz CT molecular complexity index is 698. The molecule has 1 aliphatic rings. The molecule has 1 fully saturated rings. The standard InChI is InChI=1S/C16H21N3O2S/c1-4-21-16(20)13-11(3)12-14(17-9-18-15(12)22-13)19-8-6-5-7-10(19)2/h9-10H,4-8H2,1-3H3. The van der Waals surface area contributed by atoms with E-state index >= 15 is 0 Å². The van der Waals surface area contributed by atoms with Crippen LogP contribution < -0.4 is 4.90 Å². The molecule has 0 aromatic carbocycles. The summed E-state index contributed by atoms with van der Waals surface area (Å²) in [4.78, 5) is 24.9. The van der Waals surface area contributed by atoms with E-state index in [0.29, 0.717) is 17.5 Å². The number of aromatic nitrogens is 2. The van der Waals surface area contributed by atoms with Crippen molar-refractivity contribution in [3.05, 3.63) is 16.8 Å². The van der Waals surface area contributed by atoms with Crippen LogP contribution in [0.4, 0.5) is 5.82 Å². The van der Waals surface area contributed by atoms with Crippen molar-refractivity contribution in [2.75, 3.05) is 18.1 Å². The Balaban J connectivity index is 2.10. The second-order valence-corrected chi connectivity index (χ2v) is 6.69. The molecular weight excluding hydrogens is 298 g/mol. The van der Waals surface area contributed by atoms with Gasteiger partial charge in [0.25, 0.3) is 0 Å². The van der Waals surface area contributed by atoms with E-state index in [2.05, 4.69) is 21.8 Å². The number of anilines is 1. The van der Waals surface area contributed by atoms with Gasteiger partial charge in [0.15, 0.2) is 0 Å². The van der Waals surface area contributed by atoms with Gasteiger partial charge in [0.05, 0.1) is 12.0 Å². The van der Waals surface area contributed by atoms with Crippen LogP contribution in [0.15, 0.2) is 6.33 Å². The number of hydrogen-bond acceptors (Lipinski definition) is 6. The van der Waals surface area contributed by atoms with Crippen LogP contribution in [0, 0.1) is 6.92 Å². The minimum absolute atomic E-state index is 0.263. The van der Waals surface area contributed by atoms with Gasteiger partial charge >= 0.3 is 5.97 Å². The van der Waals surface area contributed by atoms with Gasteiger partial charge in [-0.15, -0.1) is 11.3 Å².